The number of benzene rings is 3. The number of ether oxygens (including phenoxy) is 2. The maximum Gasteiger partial charge on any atom is 0.413 e. The molecule has 0 spiro atoms. The number of phenols is 1. The van der Waals surface area contributed by atoms with Crippen molar-refractivity contribution in [1.82, 2.24) is 9.97 Å². The van der Waals surface area contributed by atoms with Gasteiger partial charge in [-0.2, -0.15) is 0 Å². The second-order valence-electron chi connectivity index (χ2n) is 9.28. The van der Waals surface area contributed by atoms with Gasteiger partial charge >= 0.3 is 6.09 Å². The number of hydrogen-bond acceptors (Lipinski definition) is 8. The van der Waals surface area contributed by atoms with E-state index in [0.29, 0.717) is 29.5 Å². The molecule has 0 atom stereocenters. The maximum atomic E-state index is 12.0. The van der Waals surface area contributed by atoms with Gasteiger partial charge in [-0.25, -0.2) is 9.78 Å². The Balaban J connectivity index is 0.000000189. The molecule has 0 aliphatic heterocycles. The van der Waals surface area contributed by atoms with Crippen LogP contribution in [0.5, 0.6) is 11.5 Å². The summed E-state index contributed by atoms with van der Waals surface area (Å²) in [6.45, 7) is 5.70. The van der Waals surface area contributed by atoms with Gasteiger partial charge < -0.3 is 24.0 Å². The van der Waals surface area contributed by atoms with Crippen LogP contribution in [0.15, 0.2) is 91.3 Å². The molecule has 9 nitrogen and oxygen atoms in total. The second kappa shape index (κ2) is 13.1. The van der Waals surface area contributed by atoms with Gasteiger partial charge in [-0.3, -0.25) is 10.1 Å². The third-order valence-corrected chi connectivity index (χ3v) is 6.94. The summed E-state index contributed by atoms with van der Waals surface area (Å²) >= 11 is 1.67. The first-order chi connectivity index (χ1) is 19.7. The van der Waals surface area contributed by atoms with Crippen molar-refractivity contribution in [3.63, 3.8) is 0 Å². The van der Waals surface area contributed by atoms with Crippen molar-refractivity contribution >= 4 is 45.8 Å². The largest absolute Gasteiger partial charge is 0.507 e. The van der Waals surface area contributed by atoms with E-state index in [-0.39, 0.29) is 16.6 Å². The number of methoxy groups -OCH3 is 2. The van der Waals surface area contributed by atoms with Crippen molar-refractivity contribution in [3.05, 3.63) is 93.9 Å². The lowest BCUT2D eigenvalue weighted by atomic mass is 10.0. The summed E-state index contributed by atoms with van der Waals surface area (Å²) in [5, 5.41) is 12.7. The van der Waals surface area contributed by atoms with E-state index in [9.17, 15) is 14.7 Å². The third-order valence-electron chi connectivity index (χ3n) is 5.94. The first kappa shape index (κ1) is 29.3. The molecule has 1 amide bonds. The first-order valence-corrected chi connectivity index (χ1v) is 13.5. The van der Waals surface area contributed by atoms with Gasteiger partial charge in [-0.05, 0) is 57.5 Å². The summed E-state index contributed by atoms with van der Waals surface area (Å²) in [4.78, 5) is 32.8. The Labute approximate surface area is 241 Å². The van der Waals surface area contributed by atoms with E-state index in [2.05, 4.69) is 32.2 Å². The summed E-state index contributed by atoms with van der Waals surface area (Å²) in [6.07, 6.45) is 2.05. The summed E-state index contributed by atoms with van der Waals surface area (Å²) in [5.41, 5.74) is 3.72. The molecule has 5 rings (SSSR count). The summed E-state index contributed by atoms with van der Waals surface area (Å²) in [6, 6.07) is 18.9. The molecule has 10 heteroatoms. The van der Waals surface area contributed by atoms with E-state index in [1.54, 1.807) is 18.7 Å². The molecule has 0 aliphatic rings. The number of imidazole rings is 1. The molecule has 0 radical (unpaired) electrons. The smallest absolute Gasteiger partial charge is 0.413 e. The fraction of sp³-hybridized carbons (Fsp3) is 0.194. The Morgan fingerprint density at radius 3 is 2.54 bits per heavy atom. The van der Waals surface area contributed by atoms with Gasteiger partial charge in [0, 0.05) is 27.5 Å². The van der Waals surface area contributed by atoms with Crippen LogP contribution < -0.4 is 15.5 Å². The van der Waals surface area contributed by atoms with Gasteiger partial charge in [0.05, 0.1) is 25.3 Å². The fourth-order valence-electron chi connectivity index (χ4n) is 4.03. The Morgan fingerprint density at radius 2 is 1.85 bits per heavy atom. The number of aromatic hydroxyl groups is 1. The van der Waals surface area contributed by atoms with Crippen LogP contribution in [0.3, 0.4) is 0 Å². The first-order valence-electron chi connectivity index (χ1n) is 12.7. The Morgan fingerprint density at radius 1 is 1.10 bits per heavy atom. The predicted molar refractivity (Wildman–Crippen MR) is 161 cm³/mol. The highest BCUT2D eigenvalue weighted by Crippen LogP contribution is 2.34. The summed E-state index contributed by atoms with van der Waals surface area (Å²) in [5.74, 6) is 1.28. The maximum absolute atomic E-state index is 12.0. The van der Waals surface area contributed by atoms with Gasteiger partial charge in [0.2, 0.25) is 5.95 Å². The average Bonchev–Trinajstić information content (AvgIpc) is 3.34. The van der Waals surface area contributed by atoms with Crippen LogP contribution in [-0.2, 0) is 11.2 Å². The molecule has 0 saturated heterocycles. The van der Waals surface area contributed by atoms with Gasteiger partial charge in [0.25, 0.3) is 0 Å². The van der Waals surface area contributed by atoms with E-state index in [1.807, 2.05) is 56.3 Å². The number of aromatic amines is 1. The topological polar surface area (TPSA) is 127 Å². The van der Waals surface area contributed by atoms with E-state index in [1.165, 1.54) is 31.2 Å². The van der Waals surface area contributed by atoms with Crippen LogP contribution in [0.1, 0.15) is 25.2 Å². The van der Waals surface area contributed by atoms with Crippen LogP contribution in [0.4, 0.5) is 10.7 Å². The van der Waals surface area contributed by atoms with Crippen LogP contribution >= 0.6 is 11.8 Å². The number of carbonyl (C=O) groups is 1. The lowest BCUT2D eigenvalue weighted by Crippen LogP contribution is -2.11. The Kier molecular flexibility index (Phi) is 9.36. The molecule has 0 aliphatic carbocycles. The lowest BCUT2D eigenvalue weighted by molar-refractivity contribution is 0.186. The number of aromatic nitrogens is 2. The number of amides is 1. The molecular weight excluding hydrogens is 542 g/mol. The van der Waals surface area contributed by atoms with E-state index < -0.39 is 6.09 Å². The zero-order valence-electron chi connectivity index (χ0n) is 23.4. The van der Waals surface area contributed by atoms with E-state index in [4.69, 9.17) is 9.15 Å². The normalized spacial score (nSPS) is 10.6. The minimum atomic E-state index is -0.548. The van der Waals surface area contributed by atoms with Crippen molar-refractivity contribution in [1.29, 1.82) is 0 Å². The molecule has 2 heterocycles. The molecule has 0 unspecified atom stereocenters. The number of rotatable bonds is 6. The molecule has 3 aromatic carbocycles. The molecule has 5 aromatic rings. The molecule has 0 bridgehead atoms. The predicted octanol–water partition coefficient (Wildman–Crippen LogP) is 7.22. The van der Waals surface area contributed by atoms with Crippen molar-refractivity contribution in [2.75, 3.05) is 19.5 Å². The molecule has 2 aromatic heterocycles. The van der Waals surface area contributed by atoms with Crippen LogP contribution in [0.25, 0.3) is 22.0 Å². The standard InChI is InChI=1S/C16H18O4.C15H13N3O2S/c1-9(2)5-6-11-14(19-4)8-13(18)15-12(17)7-10(3)20-16(11)15;1-20-15(19)18-14-16-12-8-7-11(9-13(12)17-14)21-10-5-3-2-4-6-10/h5,7-8,18H,6H2,1-4H3;2-9H,1H3,(H2,16,17,18,19). The average molecular weight is 574 g/mol. The molecule has 212 valence electrons. The molecule has 0 saturated carbocycles. The lowest BCUT2D eigenvalue weighted by Gasteiger charge is -2.11. The third kappa shape index (κ3) is 7.29. The van der Waals surface area contributed by atoms with Gasteiger partial charge in [0.1, 0.15) is 28.2 Å². The zero-order valence-corrected chi connectivity index (χ0v) is 24.2. The van der Waals surface area contributed by atoms with Crippen molar-refractivity contribution in [2.24, 2.45) is 0 Å². The number of anilines is 1. The highest BCUT2D eigenvalue weighted by molar-refractivity contribution is 7.99. The van der Waals surface area contributed by atoms with Crippen LogP contribution in [0, 0.1) is 6.92 Å². The quantitative estimate of drug-likeness (QED) is 0.182. The summed E-state index contributed by atoms with van der Waals surface area (Å²) < 4.78 is 15.5. The second-order valence-corrected chi connectivity index (χ2v) is 10.4. The van der Waals surface area contributed by atoms with Gasteiger partial charge in [0.15, 0.2) is 5.43 Å². The number of allylic oxidation sites excluding steroid dienone is 2. The molecular formula is C31H31N3O6S. The van der Waals surface area contributed by atoms with Gasteiger partial charge in [-0.15, -0.1) is 0 Å². The zero-order chi connectivity index (χ0) is 29.5. The van der Waals surface area contributed by atoms with Crippen LogP contribution in [0.2, 0.25) is 0 Å². The molecule has 3 N–H and O–H groups in total. The molecule has 0 fully saturated rings. The van der Waals surface area contributed by atoms with Crippen molar-refractivity contribution in [2.45, 2.75) is 37.0 Å². The number of phenolic OH excluding ortho intramolecular Hbond substituents is 1. The number of aryl methyl sites for hydroxylation is 1. The minimum absolute atomic E-state index is 0.119. The Hall–Kier alpha value is -4.70. The van der Waals surface area contributed by atoms with Crippen LogP contribution in [-0.4, -0.2) is 35.4 Å². The number of nitrogens with zero attached hydrogens (tertiary/aromatic N) is 1. The monoisotopic (exact) mass is 573 g/mol. The SMILES string of the molecule is COC(=O)Nc1nc2ccc(Sc3ccccc3)cc2[nH]1.COc1cc(O)c2c(=O)cc(C)oc2c1CC=C(C)C. The van der Waals surface area contributed by atoms with E-state index in [0.717, 1.165) is 27.1 Å². The number of hydrogen-bond donors (Lipinski definition) is 3. The Bertz CT molecular complexity index is 1770. The fourth-order valence-corrected chi connectivity index (χ4v) is 4.90. The number of H-pyrrole nitrogens is 1. The van der Waals surface area contributed by atoms with Crippen molar-refractivity contribution in [3.8, 4) is 11.5 Å². The number of fused-ring (bicyclic) bond motifs is 2. The molecule has 41 heavy (non-hydrogen) atoms. The highest BCUT2D eigenvalue weighted by Gasteiger charge is 2.17. The number of carbonyl (C=O) groups excluding carboxylic acids is 1. The van der Waals surface area contributed by atoms with Crippen molar-refractivity contribution < 1.29 is 23.8 Å². The number of nitrogens with one attached hydrogen (secondary N) is 2. The van der Waals surface area contributed by atoms with E-state index >= 15 is 0 Å². The summed E-state index contributed by atoms with van der Waals surface area (Å²) in [7, 11) is 2.84. The highest BCUT2D eigenvalue weighted by atomic mass is 32.2. The van der Waals surface area contributed by atoms with Gasteiger partial charge in [-0.1, -0.05) is 41.6 Å². The minimum Gasteiger partial charge on any atom is -0.507 e.